The number of hydrogen-bond acceptors (Lipinski definition) is 5. The average Bonchev–Trinajstić information content (AvgIpc) is 2.46. The third-order valence-corrected chi connectivity index (χ3v) is 2.93. The predicted octanol–water partition coefficient (Wildman–Crippen LogP) is 1.02. The van der Waals surface area contributed by atoms with Crippen LogP contribution in [0.2, 0.25) is 0 Å². The fourth-order valence-corrected chi connectivity index (χ4v) is 1.88. The number of hydrogen-bond donors (Lipinski definition) is 1. The van der Waals surface area contributed by atoms with E-state index in [-0.39, 0.29) is 12.2 Å². The van der Waals surface area contributed by atoms with Gasteiger partial charge < -0.3 is 5.11 Å². The van der Waals surface area contributed by atoms with Gasteiger partial charge >= 0.3 is 17.3 Å². The lowest BCUT2D eigenvalue weighted by molar-refractivity contribution is -0.385. The van der Waals surface area contributed by atoms with Gasteiger partial charge in [0.1, 0.15) is 6.20 Å². The molecular formula is C13H11N3O5. The molecule has 0 fully saturated rings. The summed E-state index contributed by atoms with van der Waals surface area (Å²) >= 11 is 0. The van der Waals surface area contributed by atoms with Gasteiger partial charge in [0.25, 0.3) is 0 Å². The van der Waals surface area contributed by atoms with Crippen molar-refractivity contribution in [3.8, 4) is 0 Å². The molecule has 2 aromatic rings. The topological polar surface area (TPSA) is 115 Å². The molecule has 2 rings (SSSR count). The van der Waals surface area contributed by atoms with Gasteiger partial charge in [-0.05, 0) is 5.56 Å². The molecule has 1 atom stereocenters. The minimum atomic E-state index is -1.13. The largest absolute Gasteiger partial charge is 0.481 e. The van der Waals surface area contributed by atoms with Crippen LogP contribution in [0.15, 0.2) is 47.5 Å². The molecule has 8 nitrogen and oxygen atoms in total. The molecule has 0 radical (unpaired) electrons. The van der Waals surface area contributed by atoms with Crippen LogP contribution in [0.3, 0.4) is 0 Å². The Morgan fingerprint density at radius 3 is 2.62 bits per heavy atom. The van der Waals surface area contributed by atoms with Gasteiger partial charge in [0.15, 0.2) is 0 Å². The van der Waals surface area contributed by atoms with E-state index >= 15 is 0 Å². The summed E-state index contributed by atoms with van der Waals surface area (Å²) in [4.78, 5) is 36.4. The number of nitrogens with zero attached hydrogens (tertiary/aromatic N) is 3. The zero-order valence-corrected chi connectivity index (χ0v) is 10.7. The second-order valence-corrected chi connectivity index (χ2v) is 4.31. The molecule has 8 heteroatoms. The Bertz CT molecular complexity index is 726. The number of carboxylic acids is 1. The monoisotopic (exact) mass is 289 g/mol. The lowest BCUT2D eigenvalue weighted by Crippen LogP contribution is -2.28. The third kappa shape index (κ3) is 3.30. The van der Waals surface area contributed by atoms with Crippen LogP contribution in [0.25, 0.3) is 0 Å². The van der Waals surface area contributed by atoms with E-state index in [2.05, 4.69) is 4.98 Å². The zero-order chi connectivity index (χ0) is 15.4. The smallest absolute Gasteiger partial charge is 0.348 e. The zero-order valence-electron chi connectivity index (χ0n) is 10.7. The molecular weight excluding hydrogens is 278 g/mol. The van der Waals surface area contributed by atoms with Gasteiger partial charge in [-0.1, -0.05) is 30.3 Å². The highest BCUT2D eigenvalue weighted by molar-refractivity contribution is 5.75. The van der Waals surface area contributed by atoms with Crippen molar-refractivity contribution in [2.45, 2.75) is 12.5 Å². The first-order valence-electron chi connectivity index (χ1n) is 5.97. The van der Waals surface area contributed by atoms with E-state index < -0.39 is 22.5 Å². The second-order valence-electron chi connectivity index (χ2n) is 4.31. The molecule has 1 N–H and O–H groups in total. The highest BCUT2D eigenvalue weighted by atomic mass is 16.6. The van der Waals surface area contributed by atoms with E-state index in [1.54, 1.807) is 30.3 Å². The van der Waals surface area contributed by atoms with Crippen molar-refractivity contribution in [1.29, 1.82) is 0 Å². The van der Waals surface area contributed by atoms with Crippen LogP contribution in [0.5, 0.6) is 0 Å². The number of aromatic nitrogens is 2. The van der Waals surface area contributed by atoms with Crippen molar-refractivity contribution < 1.29 is 14.8 Å². The molecule has 0 saturated heterocycles. The fourth-order valence-electron chi connectivity index (χ4n) is 1.88. The number of carboxylic acid groups (broad SMARTS) is 1. The number of aliphatic carboxylic acids is 1. The van der Waals surface area contributed by atoms with Crippen LogP contribution in [-0.2, 0) is 11.3 Å². The molecule has 0 amide bonds. The lowest BCUT2D eigenvalue weighted by atomic mass is 9.99. The minimum Gasteiger partial charge on any atom is -0.481 e. The third-order valence-electron chi connectivity index (χ3n) is 2.93. The van der Waals surface area contributed by atoms with E-state index in [0.29, 0.717) is 5.56 Å². The SMILES string of the molecule is O=C(O)C(Cn1cc([N+](=O)[O-])cnc1=O)c1ccccc1. The number of carbonyl (C=O) groups is 1. The first-order valence-corrected chi connectivity index (χ1v) is 5.97. The van der Waals surface area contributed by atoms with E-state index in [0.717, 1.165) is 17.0 Å². The van der Waals surface area contributed by atoms with Crippen molar-refractivity contribution in [2.75, 3.05) is 0 Å². The Morgan fingerprint density at radius 2 is 2.05 bits per heavy atom. The summed E-state index contributed by atoms with van der Waals surface area (Å²) in [5.41, 5.74) is -0.599. The van der Waals surface area contributed by atoms with Crippen molar-refractivity contribution in [3.63, 3.8) is 0 Å². The minimum absolute atomic E-state index is 0.229. The Hall–Kier alpha value is -3.03. The van der Waals surface area contributed by atoms with Crippen LogP contribution >= 0.6 is 0 Å². The van der Waals surface area contributed by atoms with Gasteiger partial charge in [-0.15, -0.1) is 0 Å². The average molecular weight is 289 g/mol. The fraction of sp³-hybridized carbons (Fsp3) is 0.154. The Kier molecular flexibility index (Phi) is 4.07. The molecule has 1 aromatic heterocycles. The maximum Gasteiger partial charge on any atom is 0.348 e. The molecule has 1 unspecified atom stereocenters. The number of rotatable bonds is 5. The van der Waals surface area contributed by atoms with Crippen LogP contribution in [0.1, 0.15) is 11.5 Å². The van der Waals surface area contributed by atoms with Crippen LogP contribution < -0.4 is 5.69 Å². The second kappa shape index (κ2) is 5.95. The summed E-state index contributed by atoms with van der Waals surface area (Å²) in [7, 11) is 0. The van der Waals surface area contributed by atoms with Crippen molar-refractivity contribution >= 4 is 11.7 Å². The van der Waals surface area contributed by atoms with E-state index in [1.807, 2.05) is 0 Å². The molecule has 0 aliphatic rings. The predicted molar refractivity (Wildman–Crippen MR) is 72.0 cm³/mol. The lowest BCUT2D eigenvalue weighted by Gasteiger charge is -2.13. The van der Waals surface area contributed by atoms with E-state index in [4.69, 9.17) is 0 Å². The summed E-state index contributed by atoms with van der Waals surface area (Å²) in [5, 5.41) is 20.0. The normalized spacial score (nSPS) is 11.8. The van der Waals surface area contributed by atoms with Gasteiger partial charge in [-0.3, -0.25) is 19.5 Å². The van der Waals surface area contributed by atoms with E-state index in [9.17, 15) is 24.8 Å². The van der Waals surface area contributed by atoms with E-state index in [1.165, 1.54) is 0 Å². The summed E-state index contributed by atoms with van der Waals surface area (Å²) in [5.74, 6) is -2.12. The highest BCUT2D eigenvalue weighted by Crippen LogP contribution is 2.18. The Labute approximate surface area is 118 Å². The number of nitro groups is 1. The Balaban J connectivity index is 2.38. The molecule has 1 heterocycles. The van der Waals surface area contributed by atoms with Crippen molar-refractivity contribution in [1.82, 2.24) is 9.55 Å². The molecule has 0 spiro atoms. The van der Waals surface area contributed by atoms with Gasteiger partial charge in [-0.25, -0.2) is 4.79 Å². The van der Waals surface area contributed by atoms with Gasteiger partial charge in [-0.2, -0.15) is 4.98 Å². The van der Waals surface area contributed by atoms with Gasteiger partial charge in [0.05, 0.1) is 17.0 Å². The summed E-state index contributed by atoms with van der Waals surface area (Å²) in [6.07, 6.45) is 1.84. The maximum atomic E-state index is 11.6. The molecule has 21 heavy (non-hydrogen) atoms. The van der Waals surface area contributed by atoms with Crippen LogP contribution in [0.4, 0.5) is 5.69 Å². The molecule has 108 valence electrons. The summed E-state index contributed by atoms with van der Waals surface area (Å²) in [6.45, 7) is -0.229. The van der Waals surface area contributed by atoms with Crippen LogP contribution in [-0.4, -0.2) is 25.6 Å². The summed E-state index contributed by atoms with van der Waals surface area (Å²) in [6, 6.07) is 8.34. The molecule has 0 bridgehead atoms. The molecule has 0 saturated carbocycles. The first kappa shape index (κ1) is 14.4. The molecule has 0 aliphatic heterocycles. The standard InChI is InChI=1S/C13H11N3O5/c17-12(18)11(9-4-2-1-3-5-9)8-15-7-10(16(20)21)6-14-13(15)19/h1-7,11H,8H2,(H,17,18). The van der Waals surface area contributed by atoms with Crippen molar-refractivity contribution in [3.05, 3.63) is 68.9 Å². The highest BCUT2D eigenvalue weighted by Gasteiger charge is 2.22. The van der Waals surface area contributed by atoms with Crippen molar-refractivity contribution in [2.24, 2.45) is 0 Å². The molecule has 1 aromatic carbocycles. The van der Waals surface area contributed by atoms with Gasteiger partial charge in [0, 0.05) is 6.54 Å². The number of benzene rings is 1. The Morgan fingerprint density at radius 1 is 1.38 bits per heavy atom. The maximum absolute atomic E-state index is 11.6. The quantitative estimate of drug-likeness (QED) is 0.649. The summed E-state index contributed by atoms with van der Waals surface area (Å²) < 4.78 is 0.934. The first-order chi connectivity index (χ1) is 9.99. The van der Waals surface area contributed by atoms with Crippen LogP contribution in [0, 0.1) is 10.1 Å². The molecule has 0 aliphatic carbocycles. The van der Waals surface area contributed by atoms with Gasteiger partial charge in [0.2, 0.25) is 0 Å².